The number of carbonyl (C=O) groups excluding carboxylic acids is 2. The lowest BCUT2D eigenvalue weighted by molar-refractivity contribution is -0.149. The highest BCUT2D eigenvalue weighted by Crippen LogP contribution is 2.26. The standard InChI is InChI=1S/C15H19ClN2O3/c1-4-12-14(19)17-9(2)15(20)18(12)8-10-7-11(16)5-6-13(10)21-3/h5-7,9,12H,4,8H2,1-3H3,(H,17,19). The molecule has 0 spiro atoms. The molecule has 0 saturated carbocycles. The van der Waals surface area contributed by atoms with Crippen LogP contribution >= 0.6 is 11.6 Å². The van der Waals surface area contributed by atoms with E-state index in [-0.39, 0.29) is 11.8 Å². The third-order valence-corrected chi connectivity index (χ3v) is 3.90. The maximum Gasteiger partial charge on any atom is 0.245 e. The van der Waals surface area contributed by atoms with Gasteiger partial charge in [-0.1, -0.05) is 18.5 Å². The van der Waals surface area contributed by atoms with Gasteiger partial charge in [-0.2, -0.15) is 0 Å². The number of piperazine rings is 1. The molecule has 1 aromatic rings. The Bertz CT molecular complexity index is 562. The molecule has 2 unspecified atom stereocenters. The maximum atomic E-state index is 12.4. The summed E-state index contributed by atoms with van der Waals surface area (Å²) in [6.07, 6.45) is 0.563. The molecule has 2 amide bonds. The second kappa shape index (κ2) is 6.35. The monoisotopic (exact) mass is 310 g/mol. The van der Waals surface area contributed by atoms with Crippen LogP contribution in [0.2, 0.25) is 5.02 Å². The van der Waals surface area contributed by atoms with Crippen molar-refractivity contribution in [2.45, 2.75) is 38.9 Å². The van der Waals surface area contributed by atoms with Crippen LogP contribution in [0.1, 0.15) is 25.8 Å². The molecule has 1 fully saturated rings. The Kier molecular flexibility index (Phi) is 4.73. The molecule has 0 bridgehead atoms. The van der Waals surface area contributed by atoms with Crippen molar-refractivity contribution in [2.75, 3.05) is 7.11 Å². The SMILES string of the molecule is CCC1C(=O)NC(C)C(=O)N1Cc1cc(Cl)ccc1OC. The number of ether oxygens (including phenoxy) is 1. The van der Waals surface area contributed by atoms with Crippen LogP contribution in [0.15, 0.2) is 18.2 Å². The first kappa shape index (κ1) is 15.6. The third kappa shape index (κ3) is 3.13. The number of hydrogen-bond donors (Lipinski definition) is 1. The molecule has 0 aliphatic carbocycles. The quantitative estimate of drug-likeness (QED) is 0.925. The Morgan fingerprint density at radius 2 is 2.10 bits per heavy atom. The third-order valence-electron chi connectivity index (χ3n) is 3.66. The van der Waals surface area contributed by atoms with Gasteiger partial charge in [0.2, 0.25) is 11.8 Å². The summed E-state index contributed by atoms with van der Waals surface area (Å²) < 4.78 is 5.30. The number of nitrogens with zero attached hydrogens (tertiary/aromatic N) is 1. The van der Waals surface area contributed by atoms with Gasteiger partial charge in [0.25, 0.3) is 0 Å². The van der Waals surface area contributed by atoms with Crippen LogP contribution in [0.4, 0.5) is 0 Å². The molecule has 1 aliphatic heterocycles. The Hall–Kier alpha value is -1.75. The van der Waals surface area contributed by atoms with E-state index in [4.69, 9.17) is 16.3 Å². The highest BCUT2D eigenvalue weighted by atomic mass is 35.5. The summed E-state index contributed by atoms with van der Waals surface area (Å²) >= 11 is 6.02. The molecule has 21 heavy (non-hydrogen) atoms. The first-order valence-electron chi connectivity index (χ1n) is 6.91. The second-order valence-corrected chi connectivity index (χ2v) is 5.51. The van der Waals surface area contributed by atoms with Crippen molar-refractivity contribution in [2.24, 2.45) is 0 Å². The number of rotatable bonds is 4. The van der Waals surface area contributed by atoms with E-state index in [1.807, 2.05) is 6.92 Å². The van der Waals surface area contributed by atoms with Gasteiger partial charge in [-0.15, -0.1) is 0 Å². The topological polar surface area (TPSA) is 58.6 Å². The summed E-state index contributed by atoms with van der Waals surface area (Å²) in [4.78, 5) is 26.0. The molecule has 1 N–H and O–H groups in total. The minimum Gasteiger partial charge on any atom is -0.496 e. The van der Waals surface area contributed by atoms with E-state index in [1.165, 1.54) is 0 Å². The van der Waals surface area contributed by atoms with Crippen molar-refractivity contribution in [1.29, 1.82) is 0 Å². The largest absolute Gasteiger partial charge is 0.496 e. The van der Waals surface area contributed by atoms with E-state index < -0.39 is 12.1 Å². The summed E-state index contributed by atoms with van der Waals surface area (Å²) in [7, 11) is 1.57. The lowest BCUT2D eigenvalue weighted by Crippen LogP contribution is -2.61. The predicted octanol–water partition coefficient (Wildman–Crippen LogP) is 1.97. The van der Waals surface area contributed by atoms with Crippen molar-refractivity contribution in [3.63, 3.8) is 0 Å². The Morgan fingerprint density at radius 1 is 1.38 bits per heavy atom. The average molecular weight is 311 g/mol. The molecule has 2 atom stereocenters. The van der Waals surface area contributed by atoms with Gasteiger partial charge in [-0.05, 0) is 31.5 Å². The van der Waals surface area contributed by atoms with Crippen LogP contribution in [0.3, 0.4) is 0 Å². The summed E-state index contributed by atoms with van der Waals surface area (Å²) in [6, 6.07) is 4.28. The summed E-state index contributed by atoms with van der Waals surface area (Å²) in [5, 5.41) is 3.27. The zero-order valence-electron chi connectivity index (χ0n) is 12.4. The van der Waals surface area contributed by atoms with Gasteiger partial charge in [0.1, 0.15) is 17.8 Å². The van der Waals surface area contributed by atoms with E-state index in [9.17, 15) is 9.59 Å². The molecular formula is C15H19ClN2O3. The summed E-state index contributed by atoms with van der Waals surface area (Å²) in [6.45, 7) is 3.88. The van der Waals surface area contributed by atoms with Gasteiger partial charge in [0, 0.05) is 10.6 Å². The number of nitrogens with one attached hydrogen (secondary N) is 1. The fourth-order valence-electron chi connectivity index (χ4n) is 2.56. The highest BCUT2D eigenvalue weighted by molar-refractivity contribution is 6.30. The van der Waals surface area contributed by atoms with Crippen molar-refractivity contribution < 1.29 is 14.3 Å². The van der Waals surface area contributed by atoms with Gasteiger partial charge < -0.3 is 15.0 Å². The molecule has 114 valence electrons. The van der Waals surface area contributed by atoms with Crippen molar-refractivity contribution in [3.05, 3.63) is 28.8 Å². The number of amides is 2. The minimum atomic E-state index is -0.509. The molecule has 1 saturated heterocycles. The first-order chi connectivity index (χ1) is 9.97. The zero-order valence-corrected chi connectivity index (χ0v) is 13.1. The molecular weight excluding hydrogens is 292 g/mol. The van der Waals surface area contributed by atoms with Gasteiger partial charge in [-0.3, -0.25) is 9.59 Å². The lowest BCUT2D eigenvalue weighted by Gasteiger charge is -2.37. The Balaban J connectivity index is 2.32. The normalized spacial score (nSPS) is 22.2. The number of halogens is 1. The van der Waals surface area contributed by atoms with Crippen molar-refractivity contribution in [1.82, 2.24) is 10.2 Å². The van der Waals surface area contributed by atoms with E-state index in [0.717, 1.165) is 5.56 Å². The fraction of sp³-hybridized carbons (Fsp3) is 0.467. The number of carbonyl (C=O) groups is 2. The van der Waals surface area contributed by atoms with Crippen LogP contribution < -0.4 is 10.1 Å². The van der Waals surface area contributed by atoms with Crippen molar-refractivity contribution >= 4 is 23.4 Å². The molecule has 0 aromatic heterocycles. The van der Waals surface area contributed by atoms with Crippen molar-refractivity contribution in [3.8, 4) is 5.75 Å². The van der Waals surface area contributed by atoms with E-state index in [2.05, 4.69) is 5.32 Å². The first-order valence-corrected chi connectivity index (χ1v) is 7.29. The average Bonchev–Trinajstić information content (AvgIpc) is 2.45. The Morgan fingerprint density at radius 3 is 2.71 bits per heavy atom. The molecule has 2 rings (SSSR count). The predicted molar refractivity (Wildman–Crippen MR) is 80.2 cm³/mol. The van der Waals surface area contributed by atoms with Crippen LogP contribution in [0, 0.1) is 0 Å². The lowest BCUT2D eigenvalue weighted by atomic mass is 10.0. The highest BCUT2D eigenvalue weighted by Gasteiger charge is 2.37. The number of benzene rings is 1. The molecule has 6 heteroatoms. The van der Waals surface area contributed by atoms with Gasteiger partial charge in [0.05, 0.1) is 13.7 Å². The minimum absolute atomic E-state index is 0.0940. The molecule has 1 aromatic carbocycles. The molecule has 1 heterocycles. The van der Waals surface area contributed by atoms with E-state index >= 15 is 0 Å². The maximum absolute atomic E-state index is 12.4. The van der Waals surface area contributed by atoms with Crippen LogP contribution in [0.5, 0.6) is 5.75 Å². The summed E-state index contributed by atoms with van der Waals surface area (Å²) in [5.74, 6) is 0.440. The zero-order chi connectivity index (χ0) is 15.6. The van der Waals surface area contributed by atoms with Crippen LogP contribution in [0.25, 0.3) is 0 Å². The Labute approximate surface area is 129 Å². The molecule has 5 nitrogen and oxygen atoms in total. The van der Waals surface area contributed by atoms with E-state index in [1.54, 1.807) is 37.1 Å². The van der Waals surface area contributed by atoms with Gasteiger partial charge in [0.15, 0.2) is 0 Å². The van der Waals surface area contributed by atoms with Crippen LogP contribution in [-0.2, 0) is 16.1 Å². The van der Waals surface area contributed by atoms with Gasteiger partial charge >= 0.3 is 0 Å². The number of methoxy groups -OCH3 is 1. The second-order valence-electron chi connectivity index (χ2n) is 5.08. The number of hydrogen-bond acceptors (Lipinski definition) is 3. The smallest absolute Gasteiger partial charge is 0.245 e. The summed E-state index contributed by atoms with van der Waals surface area (Å²) in [5.41, 5.74) is 0.790. The van der Waals surface area contributed by atoms with Gasteiger partial charge in [-0.25, -0.2) is 0 Å². The molecule has 1 aliphatic rings. The molecule has 0 radical (unpaired) electrons. The van der Waals surface area contributed by atoms with E-state index in [0.29, 0.717) is 23.7 Å². The fourth-order valence-corrected chi connectivity index (χ4v) is 2.76. The van der Waals surface area contributed by atoms with Crippen LogP contribution in [-0.4, -0.2) is 35.9 Å².